The van der Waals surface area contributed by atoms with Gasteiger partial charge in [0.25, 0.3) is 0 Å². The zero-order valence-electron chi connectivity index (χ0n) is 8.13. The molecule has 0 spiro atoms. The number of nitrogens with one attached hydrogen (secondary N) is 1. The summed E-state index contributed by atoms with van der Waals surface area (Å²) in [6.07, 6.45) is 8.65. The van der Waals surface area contributed by atoms with Crippen LogP contribution in [0.15, 0.2) is 11.6 Å². The maximum absolute atomic E-state index is 9.47. The van der Waals surface area contributed by atoms with Gasteiger partial charge >= 0.3 is 0 Å². The van der Waals surface area contributed by atoms with E-state index in [1.165, 1.54) is 37.7 Å². The first kappa shape index (κ1) is 9.22. The smallest absolute Gasteiger partial charge is 0.0848 e. The second-order valence-electron chi connectivity index (χ2n) is 4.27. The van der Waals surface area contributed by atoms with Crippen LogP contribution in [0.25, 0.3) is 0 Å². The molecule has 2 heteroatoms. The van der Waals surface area contributed by atoms with Crippen LogP contribution in [0.2, 0.25) is 0 Å². The molecular formula is C11H19NO. The summed E-state index contributed by atoms with van der Waals surface area (Å²) in [5.41, 5.74) is 1.46. The molecule has 0 aromatic heterocycles. The Hall–Kier alpha value is -0.340. The van der Waals surface area contributed by atoms with Crippen molar-refractivity contribution in [3.05, 3.63) is 11.6 Å². The van der Waals surface area contributed by atoms with Crippen molar-refractivity contribution in [1.29, 1.82) is 0 Å². The maximum Gasteiger partial charge on any atom is 0.0848 e. The van der Waals surface area contributed by atoms with Gasteiger partial charge in [-0.2, -0.15) is 0 Å². The van der Waals surface area contributed by atoms with Crippen molar-refractivity contribution in [2.45, 2.75) is 38.2 Å². The first-order valence-corrected chi connectivity index (χ1v) is 5.45. The van der Waals surface area contributed by atoms with E-state index in [2.05, 4.69) is 11.4 Å². The Balaban J connectivity index is 1.97. The van der Waals surface area contributed by atoms with Crippen molar-refractivity contribution in [3.8, 4) is 0 Å². The summed E-state index contributed by atoms with van der Waals surface area (Å²) in [7, 11) is 0. The third-order valence-corrected chi connectivity index (χ3v) is 3.22. The summed E-state index contributed by atoms with van der Waals surface area (Å²) >= 11 is 0. The zero-order chi connectivity index (χ0) is 9.10. The molecule has 2 nitrogen and oxygen atoms in total. The van der Waals surface area contributed by atoms with Crippen molar-refractivity contribution in [2.24, 2.45) is 5.92 Å². The summed E-state index contributed by atoms with van der Waals surface area (Å²) in [6, 6.07) is 0. The average molecular weight is 181 g/mol. The van der Waals surface area contributed by atoms with Crippen LogP contribution in [0.1, 0.15) is 32.1 Å². The molecule has 1 aliphatic heterocycles. The molecule has 0 radical (unpaired) electrons. The first-order chi connectivity index (χ1) is 6.36. The molecule has 1 atom stereocenters. The Morgan fingerprint density at radius 3 is 2.69 bits per heavy atom. The molecule has 0 saturated heterocycles. The number of aliphatic hydroxyl groups excluding tert-OH is 1. The van der Waals surface area contributed by atoms with Gasteiger partial charge in [0, 0.05) is 13.1 Å². The summed E-state index contributed by atoms with van der Waals surface area (Å²) in [5.74, 6) is 0.760. The van der Waals surface area contributed by atoms with E-state index >= 15 is 0 Å². The minimum Gasteiger partial charge on any atom is -0.388 e. The van der Waals surface area contributed by atoms with Crippen LogP contribution in [0.4, 0.5) is 0 Å². The van der Waals surface area contributed by atoms with Crippen LogP contribution in [0, 0.1) is 5.92 Å². The molecule has 1 fully saturated rings. The SMILES string of the molecule is OC1C=C(C2CCCCC2)CNC1. The van der Waals surface area contributed by atoms with Crippen LogP contribution in [0.5, 0.6) is 0 Å². The molecule has 0 bridgehead atoms. The molecule has 74 valence electrons. The van der Waals surface area contributed by atoms with E-state index < -0.39 is 0 Å². The summed E-state index contributed by atoms with van der Waals surface area (Å²) in [6.45, 7) is 1.73. The lowest BCUT2D eigenvalue weighted by molar-refractivity contribution is 0.208. The van der Waals surface area contributed by atoms with Crippen molar-refractivity contribution in [2.75, 3.05) is 13.1 Å². The normalized spacial score (nSPS) is 31.5. The monoisotopic (exact) mass is 181 g/mol. The van der Waals surface area contributed by atoms with Crippen LogP contribution in [-0.2, 0) is 0 Å². The van der Waals surface area contributed by atoms with Crippen molar-refractivity contribution in [3.63, 3.8) is 0 Å². The van der Waals surface area contributed by atoms with E-state index in [4.69, 9.17) is 0 Å². The van der Waals surface area contributed by atoms with Gasteiger partial charge < -0.3 is 10.4 Å². The van der Waals surface area contributed by atoms with Gasteiger partial charge in [0.05, 0.1) is 6.10 Å². The van der Waals surface area contributed by atoms with Crippen molar-refractivity contribution < 1.29 is 5.11 Å². The van der Waals surface area contributed by atoms with Gasteiger partial charge in [-0.1, -0.05) is 30.9 Å². The number of β-amino-alcohol motifs (C(OH)–C–C–N with tert-alkyl or cyclic N) is 1. The van der Waals surface area contributed by atoms with Gasteiger partial charge in [0.1, 0.15) is 0 Å². The molecule has 0 amide bonds. The quantitative estimate of drug-likeness (QED) is 0.600. The molecule has 2 aliphatic rings. The van der Waals surface area contributed by atoms with E-state index in [1.807, 2.05) is 0 Å². The molecule has 0 aromatic rings. The molecule has 0 aromatic carbocycles. The van der Waals surface area contributed by atoms with Crippen LogP contribution >= 0.6 is 0 Å². The minimum absolute atomic E-state index is 0.245. The van der Waals surface area contributed by atoms with Crippen LogP contribution in [-0.4, -0.2) is 24.3 Å². The van der Waals surface area contributed by atoms with Crippen LogP contribution < -0.4 is 5.32 Å². The Bertz CT molecular complexity index is 194. The maximum atomic E-state index is 9.47. The largest absolute Gasteiger partial charge is 0.388 e. The minimum atomic E-state index is -0.245. The van der Waals surface area contributed by atoms with E-state index in [0.29, 0.717) is 0 Å². The molecular weight excluding hydrogens is 162 g/mol. The Kier molecular flexibility index (Phi) is 3.01. The highest BCUT2D eigenvalue weighted by molar-refractivity contribution is 5.15. The predicted octanol–water partition coefficient (Wildman–Crippen LogP) is 1.46. The Labute approximate surface area is 80.0 Å². The fraction of sp³-hybridized carbons (Fsp3) is 0.818. The fourth-order valence-electron chi connectivity index (χ4n) is 2.48. The Morgan fingerprint density at radius 2 is 2.00 bits per heavy atom. The molecule has 1 unspecified atom stereocenters. The van der Waals surface area contributed by atoms with E-state index in [9.17, 15) is 5.11 Å². The van der Waals surface area contributed by atoms with Gasteiger partial charge in [-0.15, -0.1) is 0 Å². The average Bonchev–Trinajstić information content (AvgIpc) is 2.19. The predicted molar refractivity (Wildman–Crippen MR) is 53.5 cm³/mol. The molecule has 2 rings (SSSR count). The van der Waals surface area contributed by atoms with Gasteiger partial charge in [0.15, 0.2) is 0 Å². The molecule has 2 N–H and O–H groups in total. The lowest BCUT2D eigenvalue weighted by atomic mass is 9.82. The number of aliphatic hydroxyl groups is 1. The van der Waals surface area contributed by atoms with E-state index in [1.54, 1.807) is 0 Å². The van der Waals surface area contributed by atoms with E-state index in [-0.39, 0.29) is 6.10 Å². The Morgan fingerprint density at radius 1 is 1.23 bits per heavy atom. The second-order valence-corrected chi connectivity index (χ2v) is 4.27. The summed E-state index contributed by atoms with van der Waals surface area (Å²) < 4.78 is 0. The second kappa shape index (κ2) is 4.25. The standard InChI is InChI=1S/C11H19NO/c13-11-6-10(7-12-8-11)9-4-2-1-3-5-9/h6,9,11-13H,1-5,7-8H2. The summed E-state index contributed by atoms with van der Waals surface area (Å²) in [5, 5.41) is 12.7. The van der Waals surface area contributed by atoms with Crippen LogP contribution in [0.3, 0.4) is 0 Å². The number of rotatable bonds is 1. The van der Waals surface area contributed by atoms with Gasteiger partial charge in [-0.3, -0.25) is 0 Å². The van der Waals surface area contributed by atoms with Gasteiger partial charge in [-0.05, 0) is 18.8 Å². The summed E-state index contributed by atoms with van der Waals surface area (Å²) in [4.78, 5) is 0. The lowest BCUT2D eigenvalue weighted by Crippen LogP contribution is -2.34. The number of hydrogen-bond donors (Lipinski definition) is 2. The molecule has 1 saturated carbocycles. The third kappa shape index (κ3) is 2.32. The topological polar surface area (TPSA) is 32.3 Å². The third-order valence-electron chi connectivity index (χ3n) is 3.22. The highest BCUT2D eigenvalue weighted by atomic mass is 16.3. The molecule has 13 heavy (non-hydrogen) atoms. The van der Waals surface area contributed by atoms with Crippen molar-refractivity contribution >= 4 is 0 Å². The van der Waals surface area contributed by atoms with E-state index in [0.717, 1.165) is 19.0 Å². The zero-order valence-corrected chi connectivity index (χ0v) is 8.13. The lowest BCUT2D eigenvalue weighted by Gasteiger charge is -2.28. The highest BCUT2D eigenvalue weighted by Crippen LogP contribution is 2.30. The van der Waals surface area contributed by atoms with Gasteiger partial charge in [-0.25, -0.2) is 0 Å². The van der Waals surface area contributed by atoms with Gasteiger partial charge in [0.2, 0.25) is 0 Å². The first-order valence-electron chi connectivity index (χ1n) is 5.45. The fourth-order valence-corrected chi connectivity index (χ4v) is 2.48. The molecule has 1 aliphatic carbocycles. The van der Waals surface area contributed by atoms with Crippen molar-refractivity contribution in [1.82, 2.24) is 5.32 Å². The number of hydrogen-bond acceptors (Lipinski definition) is 2. The highest BCUT2D eigenvalue weighted by Gasteiger charge is 2.20. The molecule has 1 heterocycles.